The fraction of sp³-hybridized carbons (Fsp3) is 0.421. The van der Waals surface area contributed by atoms with Crippen LogP contribution in [0.25, 0.3) is 0 Å². The molecule has 1 amide bonds. The van der Waals surface area contributed by atoms with Crippen molar-refractivity contribution >= 4 is 33.0 Å². The van der Waals surface area contributed by atoms with Crippen LogP contribution in [-0.2, 0) is 16.6 Å². The smallest absolute Gasteiger partial charge is 0.251 e. The second-order valence-corrected chi connectivity index (χ2v) is 10.1. The third kappa shape index (κ3) is 5.11. The maximum atomic E-state index is 12.4. The van der Waals surface area contributed by atoms with Gasteiger partial charge in [-0.2, -0.15) is 0 Å². The molecule has 1 saturated heterocycles. The molecule has 0 radical (unpaired) electrons. The average Bonchev–Trinajstić information content (AvgIpc) is 3.16. The number of piperazine rings is 1. The summed E-state index contributed by atoms with van der Waals surface area (Å²) >= 11 is 1.06. The number of nitrogens with one attached hydrogen (secondary N) is 1. The maximum Gasteiger partial charge on any atom is 0.251 e. The van der Waals surface area contributed by atoms with Gasteiger partial charge < -0.3 is 10.2 Å². The van der Waals surface area contributed by atoms with Crippen molar-refractivity contribution in [3.63, 3.8) is 0 Å². The Balaban J connectivity index is 1.55. The molecular weight excluding hydrogens is 396 g/mol. The zero-order valence-corrected chi connectivity index (χ0v) is 17.7. The van der Waals surface area contributed by atoms with Gasteiger partial charge >= 0.3 is 0 Å². The summed E-state index contributed by atoms with van der Waals surface area (Å²) in [5.74, 6) is -0.193. The van der Waals surface area contributed by atoms with Crippen LogP contribution < -0.4 is 15.4 Å². The maximum absolute atomic E-state index is 12.4. The van der Waals surface area contributed by atoms with E-state index in [0.29, 0.717) is 11.6 Å². The standard InChI is InChI=1S/C19H26N4O3S2/c1-14(2)22-9-11-23(12-10-22)16-5-3-15(4-6-16)19(24)21-13-17-7-8-18(27-17)28(20,25)26/h3-8,14H,9-13H2,1-2H3,(H,21,24)(H2,20,25,26). The number of carbonyl (C=O) groups excluding carboxylic acids is 1. The molecule has 1 fully saturated rings. The quantitative estimate of drug-likeness (QED) is 0.741. The molecule has 0 bridgehead atoms. The van der Waals surface area contributed by atoms with E-state index in [9.17, 15) is 13.2 Å². The molecule has 152 valence electrons. The predicted octanol–water partition coefficient (Wildman–Crippen LogP) is 1.86. The Morgan fingerprint density at radius 1 is 1.11 bits per heavy atom. The first-order valence-electron chi connectivity index (χ1n) is 9.23. The Hall–Kier alpha value is -1.94. The van der Waals surface area contributed by atoms with Gasteiger partial charge in [0.05, 0.1) is 6.54 Å². The number of nitrogens with two attached hydrogens (primary N) is 1. The number of anilines is 1. The minimum atomic E-state index is -3.70. The number of carbonyl (C=O) groups is 1. The van der Waals surface area contributed by atoms with E-state index in [2.05, 4.69) is 29.0 Å². The molecule has 3 rings (SSSR count). The van der Waals surface area contributed by atoms with E-state index in [1.807, 2.05) is 24.3 Å². The Bertz CT molecular complexity index is 915. The largest absolute Gasteiger partial charge is 0.369 e. The molecule has 0 saturated carbocycles. The van der Waals surface area contributed by atoms with Crippen LogP contribution in [0.15, 0.2) is 40.6 Å². The molecule has 2 aromatic rings. The van der Waals surface area contributed by atoms with E-state index < -0.39 is 10.0 Å². The Kier molecular flexibility index (Phi) is 6.39. The van der Waals surface area contributed by atoms with Gasteiger partial charge in [-0.1, -0.05) is 0 Å². The third-order valence-electron chi connectivity index (χ3n) is 4.88. The van der Waals surface area contributed by atoms with Crippen LogP contribution in [0, 0.1) is 0 Å². The van der Waals surface area contributed by atoms with Gasteiger partial charge in [-0.3, -0.25) is 9.69 Å². The molecule has 7 nitrogen and oxygen atoms in total. The lowest BCUT2D eigenvalue weighted by Crippen LogP contribution is -2.48. The molecular formula is C19H26N4O3S2. The molecule has 0 aliphatic carbocycles. The topological polar surface area (TPSA) is 95.7 Å². The predicted molar refractivity (Wildman–Crippen MR) is 112 cm³/mol. The zero-order valence-electron chi connectivity index (χ0n) is 16.1. The van der Waals surface area contributed by atoms with E-state index >= 15 is 0 Å². The average molecular weight is 423 g/mol. The monoisotopic (exact) mass is 422 g/mol. The van der Waals surface area contributed by atoms with Gasteiger partial charge in [0, 0.05) is 48.3 Å². The Labute approximate surface area is 170 Å². The van der Waals surface area contributed by atoms with Crippen molar-refractivity contribution in [3.8, 4) is 0 Å². The lowest BCUT2D eigenvalue weighted by atomic mass is 10.1. The van der Waals surface area contributed by atoms with E-state index in [-0.39, 0.29) is 16.7 Å². The lowest BCUT2D eigenvalue weighted by Gasteiger charge is -2.38. The molecule has 0 spiro atoms. The Morgan fingerprint density at radius 2 is 1.75 bits per heavy atom. The highest BCUT2D eigenvalue weighted by Crippen LogP contribution is 2.21. The van der Waals surface area contributed by atoms with Crippen molar-refractivity contribution in [2.75, 3.05) is 31.1 Å². The van der Waals surface area contributed by atoms with Crippen LogP contribution >= 0.6 is 11.3 Å². The number of rotatable bonds is 6. The first-order valence-corrected chi connectivity index (χ1v) is 11.6. The van der Waals surface area contributed by atoms with Gasteiger partial charge in [0.15, 0.2) is 0 Å². The van der Waals surface area contributed by atoms with Gasteiger partial charge in [0.1, 0.15) is 4.21 Å². The molecule has 0 unspecified atom stereocenters. The first kappa shape index (κ1) is 20.8. The van der Waals surface area contributed by atoms with Crippen LogP contribution in [0.5, 0.6) is 0 Å². The first-order chi connectivity index (χ1) is 13.2. The summed E-state index contributed by atoms with van der Waals surface area (Å²) in [5.41, 5.74) is 1.70. The summed E-state index contributed by atoms with van der Waals surface area (Å²) in [5, 5.41) is 7.92. The normalized spacial score (nSPS) is 15.8. The summed E-state index contributed by atoms with van der Waals surface area (Å²) in [6.07, 6.45) is 0. The molecule has 1 aromatic heterocycles. The van der Waals surface area contributed by atoms with Crippen molar-refractivity contribution in [3.05, 3.63) is 46.8 Å². The summed E-state index contributed by atoms with van der Waals surface area (Å²) in [6, 6.07) is 11.3. The number of primary sulfonamides is 1. The lowest BCUT2D eigenvalue weighted by molar-refractivity contribution is 0.0951. The van der Waals surface area contributed by atoms with Crippen molar-refractivity contribution in [1.82, 2.24) is 10.2 Å². The highest BCUT2D eigenvalue weighted by atomic mass is 32.2. The molecule has 2 heterocycles. The van der Waals surface area contributed by atoms with Crippen molar-refractivity contribution < 1.29 is 13.2 Å². The van der Waals surface area contributed by atoms with Crippen LogP contribution in [-0.4, -0.2) is 51.4 Å². The molecule has 9 heteroatoms. The third-order valence-corrected chi connectivity index (χ3v) is 7.40. The highest BCUT2D eigenvalue weighted by Gasteiger charge is 2.19. The minimum Gasteiger partial charge on any atom is -0.369 e. The molecule has 1 aromatic carbocycles. The summed E-state index contributed by atoms with van der Waals surface area (Å²) in [4.78, 5) is 17.9. The van der Waals surface area contributed by atoms with Crippen LogP contribution in [0.1, 0.15) is 29.1 Å². The van der Waals surface area contributed by atoms with Gasteiger partial charge in [-0.05, 0) is 50.2 Å². The minimum absolute atomic E-state index is 0.0960. The number of thiophene rings is 1. The Morgan fingerprint density at radius 3 is 2.29 bits per heavy atom. The molecule has 1 aliphatic rings. The summed E-state index contributed by atoms with van der Waals surface area (Å²) in [6.45, 7) is 8.74. The summed E-state index contributed by atoms with van der Waals surface area (Å²) in [7, 11) is -3.70. The number of benzene rings is 1. The van der Waals surface area contributed by atoms with Gasteiger partial charge in [-0.25, -0.2) is 13.6 Å². The highest BCUT2D eigenvalue weighted by molar-refractivity contribution is 7.91. The van der Waals surface area contributed by atoms with Crippen molar-refractivity contribution in [2.24, 2.45) is 5.14 Å². The zero-order chi connectivity index (χ0) is 20.3. The molecule has 0 atom stereocenters. The van der Waals surface area contributed by atoms with Gasteiger partial charge in [0.2, 0.25) is 10.0 Å². The number of amides is 1. The fourth-order valence-corrected chi connectivity index (χ4v) is 4.91. The van der Waals surface area contributed by atoms with Crippen LogP contribution in [0.4, 0.5) is 5.69 Å². The molecule has 28 heavy (non-hydrogen) atoms. The molecule has 3 N–H and O–H groups in total. The van der Waals surface area contributed by atoms with E-state index in [4.69, 9.17) is 5.14 Å². The fourth-order valence-electron chi connectivity index (χ4n) is 3.20. The summed E-state index contributed by atoms with van der Waals surface area (Å²) < 4.78 is 22.7. The van der Waals surface area contributed by atoms with E-state index in [0.717, 1.165) is 48.1 Å². The number of sulfonamides is 1. The van der Waals surface area contributed by atoms with Gasteiger partial charge in [0.25, 0.3) is 5.91 Å². The molecule has 1 aliphatic heterocycles. The number of nitrogens with zero attached hydrogens (tertiary/aromatic N) is 2. The number of hydrogen-bond acceptors (Lipinski definition) is 6. The van der Waals surface area contributed by atoms with Crippen LogP contribution in [0.3, 0.4) is 0 Å². The van der Waals surface area contributed by atoms with Crippen LogP contribution in [0.2, 0.25) is 0 Å². The second-order valence-electron chi connectivity index (χ2n) is 7.11. The van der Waals surface area contributed by atoms with Crippen molar-refractivity contribution in [2.45, 2.75) is 30.6 Å². The van der Waals surface area contributed by atoms with E-state index in [1.165, 1.54) is 6.07 Å². The van der Waals surface area contributed by atoms with Crippen molar-refractivity contribution in [1.29, 1.82) is 0 Å². The SMILES string of the molecule is CC(C)N1CCN(c2ccc(C(=O)NCc3ccc(S(N)(=O)=O)s3)cc2)CC1. The van der Waals surface area contributed by atoms with E-state index in [1.54, 1.807) is 6.07 Å². The second kappa shape index (κ2) is 8.60. The number of hydrogen-bond donors (Lipinski definition) is 2. The van der Waals surface area contributed by atoms with Gasteiger partial charge in [-0.15, -0.1) is 11.3 Å².